The molecule has 0 aliphatic carbocycles. The maximum absolute atomic E-state index is 5.93. The molecule has 0 amide bonds. The van der Waals surface area contributed by atoms with Gasteiger partial charge < -0.3 is 4.84 Å². The molecule has 0 radical (unpaired) electrons. The zero-order chi connectivity index (χ0) is 19.4. The predicted octanol–water partition coefficient (Wildman–Crippen LogP) is 5.77. The Hall–Kier alpha value is -3.20. The van der Waals surface area contributed by atoms with Gasteiger partial charge in [-0.05, 0) is 48.1 Å². The molecule has 1 aromatic heterocycles. The number of aryl methyl sites for hydroxylation is 1. The van der Waals surface area contributed by atoms with Crippen molar-refractivity contribution in [2.45, 2.75) is 31.8 Å². The van der Waals surface area contributed by atoms with Crippen molar-refractivity contribution in [3.63, 3.8) is 0 Å². The van der Waals surface area contributed by atoms with E-state index in [2.05, 4.69) is 54.0 Å². The Morgan fingerprint density at radius 2 is 1.71 bits per heavy atom. The normalized spacial score (nSPS) is 18.4. The maximum atomic E-state index is 5.93. The number of allylic oxidation sites excluding steroid dienone is 1. The molecule has 1 aliphatic rings. The summed E-state index contributed by atoms with van der Waals surface area (Å²) in [7, 11) is 0. The summed E-state index contributed by atoms with van der Waals surface area (Å²) in [6.45, 7) is 6.34. The fraction of sp³-hybridized carbons (Fsp3) is 0.200. The van der Waals surface area contributed by atoms with Crippen molar-refractivity contribution in [2.75, 3.05) is 0 Å². The Labute approximate surface area is 166 Å². The number of rotatable bonds is 6. The highest BCUT2D eigenvalue weighted by Crippen LogP contribution is 2.37. The van der Waals surface area contributed by atoms with Gasteiger partial charge in [0.15, 0.2) is 5.60 Å². The molecule has 0 N–H and O–H groups in total. The van der Waals surface area contributed by atoms with Gasteiger partial charge in [-0.1, -0.05) is 78.5 Å². The van der Waals surface area contributed by atoms with Gasteiger partial charge in [-0.25, -0.2) is 0 Å². The lowest BCUT2D eigenvalue weighted by Gasteiger charge is -2.23. The molecule has 3 aromatic rings. The van der Waals surface area contributed by atoms with Gasteiger partial charge in [-0.3, -0.25) is 4.98 Å². The Morgan fingerprint density at radius 3 is 2.46 bits per heavy atom. The second-order valence-electron chi connectivity index (χ2n) is 7.38. The van der Waals surface area contributed by atoms with Crippen molar-refractivity contribution in [3.05, 3.63) is 108 Å². The first kappa shape index (κ1) is 18.2. The van der Waals surface area contributed by atoms with Crippen LogP contribution in [0.15, 0.2) is 90.7 Å². The first-order chi connectivity index (χ1) is 13.7. The van der Waals surface area contributed by atoms with E-state index in [4.69, 9.17) is 4.84 Å². The zero-order valence-electron chi connectivity index (χ0n) is 16.1. The molecule has 1 atom stereocenters. The fourth-order valence-electron chi connectivity index (χ4n) is 3.67. The molecule has 0 saturated heterocycles. The van der Waals surface area contributed by atoms with E-state index in [1.807, 2.05) is 48.7 Å². The molecule has 28 heavy (non-hydrogen) atoms. The summed E-state index contributed by atoms with van der Waals surface area (Å²) in [6.07, 6.45) is 4.29. The molecule has 2 heterocycles. The summed E-state index contributed by atoms with van der Waals surface area (Å²) >= 11 is 0. The topological polar surface area (TPSA) is 34.5 Å². The van der Waals surface area contributed by atoms with Gasteiger partial charge in [0.1, 0.15) is 0 Å². The van der Waals surface area contributed by atoms with Crippen LogP contribution in [0.2, 0.25) is 0 Å². The van der Waals surface area contributed by atoms with Crippen molar-refractivity contribution >= 4 is 11.3 Å². The standard InChI is InChI=1S/C25H24N2O/c1-19(20-10-5-3-6-11-20)15-16-22-14-9-17-26-24(22)25(2)18-23(27-28-25)21-12-7-4-8-13-21/h3-14,17H,1,15-16,18H2,2H3. The summed E-state index contributed by atoms with van der Waals surface area (Å²) < 4.78 is 0. The second kappa shape index (κ2) is 7.81. The van der Waals surface area contributed by atoms with E-state index in [0.717, 1.165) is 35.4 Å². The Kier molecular flexibility index (Phi) is 5.07. The third-order valence-electron chi connectivity index (χ3n) is 5.24. The molecule has 3 nitrogen and oxygen atoms in total. The van der Waals surface area contributed by atoms with Crippen LogP contribution in [0.4, 0.5) is 0 Å². The third-order valence-corrected chi connectivity index (χ3v) is 5.24. The molecule has 0 saturated carbocycles. The summed E-state index contributed by atoms with van der Waals surface area (Å²) in [4.78, 5) is 10.6. The second-order valence-corrected chi connectivity index (χ2v) is 7.38. The summed E-state index contributed by atoms with van der Waals surface area (Å²) in [6, 6.07) is 24.6. The van der Waals surface area contributed by atoms with Crippen LogP contribution in [0.25, 0.3) is 5.57 Å². The van der Waals surface area contributed by atoms with Crippen LogP contribution in [0, 0.1) is 0 Å². The summed E-state index contributed by atoms with van der Waals surface area (Å²) in [5, 5.41) is 4.38. The van der Waals surface area contributed by atoms with E-state index in [-0.39, 0.29) is 0 Å². The third kappa shape index (κ3) is 3.74. The van der Waals surface area contributed by atoms with Crippen molar-refractivity contribution in [1.82, 2.24) is 4.98 Å². The molecule has 3 heteroatoms. The smallest absolute Gasteiger partial charge is 0.182 e. The fourth-order valence-corrected chi connectivity index (χ4v) is 3.67. The van der Waals surface area contributed by atoms with Gasteiger partial charge in [0, 0.05) is 12.6 Å². The number of hydrogen-bond donors (Lipinski definition) is 0. The Morgan fingerprint density at radius 1 is 1.00 bits per heavy atom. The molecule has 2 aromatic carbocycles. The maximum Gasteiger partial charge on any atom is 0.182 e. The van der Waals surface area contributed by atoms with Crippen LogP contribution >= 0.6 is 0 Å². The minimum atomic E-state index is -0.546. The molecule has 4 rings (SSSR count). The number of benzene rings is 2. The lowest BCUT2D eigenvalue weighted by Crippen LogP contribution is -2.25. The van der Waals surface area contributed by atoms with E-state index >= 15 is 0 Å². The van der Waals surface area contributed by atoms with Crippen LogP contribution in [-0.2, 0) is 16.9 Å². The molecule has 0 fully saturated rings. The number of oxime groups is 1. The number of hydrogen-bond acceptors (Lipinski definition) is 3. The van der Waals surface area contributed by atoms with Gasteiger partial charge in [0.2, 0.25) is 0 Å². The highest BCUT2D eigenvalue weighted by Gasteiger charge is 2.39. The van der Waals surface area contributed by atoms with Gasteiger partial charge in [0.25, 0.3) is 0 Å². The molecule has 0 bridgehead atoms. The monoisotopic (exact) mass is 368 g/mol. The number of pyridine rings is 1. The lowest BCUT2D eigenvalue weighted by atomic mass is 9.88. The average Bonchev–Trinajstić information content (AvgIpc) is 3.17. The van der Waals surface area contributed by atoms with Gasteiger partial charge in [-0.15, -0.1) is 0 Å². The van der Waals surface area contributed by atoms with Gasteiger partial charge in [-0.2, -0.15) is 0 Å². The van der Waals surface area contributed by atoms with Gasteiger partial charge >= 0.3 is 0 Å². The van der Waals surface area contributed by atoms with E-state index in [9.17, 15) is 0 Å². The van der Waals surface area contributed by atoms with E-state index in [1.165, 1.54) is 11.1 Å². The van der Waals surface area contributed by atoms with Crippen molar-refractivity contribution in [1.29, 1.82) is 0 Å². The van der Waals surface area contributed by atoms with Gasteiger partial charge in [0.05, 0.1) is 11.4 Å². The average molecular weight is 368 g/mol. The highest BCUT2D eigenvalue weighted by atomic mass is 16.7. The quantitative estimate of drug-likeness (QED) is 0.554. The van der Waals surface area contributed by atoms with E-state index in [1.54, 1.807) is 0 Å². The number of nitrogens with zero attached hydrogens (tertiary/aromatic N) is 2. The summed E-state index contributed by atoms with van der Waals surface area (Å²) in [5.74, 6) is 0. The minimum absolute atomic E-state index is 0.546. The van der Waals surface area contributed by atoms with Crippen LogP contribution in [-0.4, -0.2) is 10.7 Å². The predicted molar refractivity (Wildman–Crippen MR) is 114 cm³/mol. The Bertz CT molecular complexity index is 995. The molecule has 0 spiro atoms. The SMILES string of the molecule is C=C(CCc1cccnc1C1(C)CC(c2ccccc2)=NO1)c1ccccc1. The van der Waals surface area contributed by atoms with Crippen LogP contribution in [0.1, 0.15) is 42.1 Å². The van der Waals surface area contributed by atoms with Crippen LogP contribution in [0.3, 0.4) is 0 Å². The van der Waals surface area contributed by atoms with Crippen LogP contribution in [0.5, 0.6) is 0 Å². The summed E-state index contributed by atoms with van der Waals surface area (Å²) in [5.41, 5.74) is 5.99. The van der Waals surface area contributed by atoms with Crippen LogP contribution < -0.4 is 0 Å². The zero-order valence-corrected chi connectivity index (χ0v) is 16.1. The van der Waals surface area contributed by atoms with E-state index < -0.39 is 5.60 Å². The molecule has 1 unspecified atom stereocenters. The minimum Gasteiger partial charge on any atom is -0.382 e. The number of aromatic nitrogens is 1. The van der Waals surface area contributed by atoms with Crippen molar-refractivity contribution < 1.29 is 4.84 Å². The molecule has 1 aliphatic heterocycles. The first-order valence-corrected chi connectivity index (χ1v) is 9.64. The van der Waals surface area contributed by atoms with E-state index in [0.29, 0.717) is 6.42 Å². The largest absolute Gasteiger partial charge is 0.382 e. The van der Waals surface area contributed by atoms with Crippen molar-refractivity contribution in [2.24, 2.45) is 5.16 Å². The molecular weight excluding hydrogens is 344 g/mol. The Balaban J connectivity index is 1.51. The lowest BCUT2D eigenvalue weighted by molar-refractivity contribution is -0.0115. The van der Waals surface area contributed by atoms with Crippen molar-refractivity contribution in [3.8, 4) is 0 Å². The first-order valence-electron chi connectivity index (χ1n) is 9.64. The molecular formula is C25H24N2O. The highest BCUT2D eigenvalue weighted by molar-refractivity contribution is 6.01. The molecule has 140 valence electrons.